The number of amides is 1. The van der Waals surface area contributed by atoms with E-state index in [1.165, 1.54) is 6.07 Å². The van der Waals surface area contributed by atoms with Crippen molar-refractivity contribution in [2.45, 2.75) is 24.1 Å². The van der Waals surface area contributed by atoms with E-state index in [-0.39, 0.29) is 16.2 Å². The number of rotatable bonds is 8. The molecule has 0 saturated heterocycles. The smallest absolute Gasteiger partial charge is 0.271 e. The number of sulfonamides is 1. The molecule has 0 radical (unpaired) electrons. The summed E-state index contributed by atoms with van der Waals surface area (Å²) >= 11 is 1.14. The number of hydrogen-bond donors (Lipinski definition) is 2. The van der Waals surface area contributed by atoms with Gasteiger partial charge in [-0.25, -0.2) is 8.42 Å². The third-order valence-electron chi connectivity index (χ3n) is 4.06. The van der Waals surface area contributed by atoms with Gasteiger partial charge in [0.25, 0.3) is 15.9 Å². The number of carbonyl (C=O) groups is 1. The Labute approximate surface area is 174 Å². The highest BCUT2D eigenvalue weighted by Crippen LogP contribution is 2.20. The maximum absolute atomic E-state index is 12.4. The molecular weight excluding hydrogens is 408 g/mol. The van der Waals surface area contributed by atoms with Crippen molar-refractivity contribution < 1.29 is 17.9 Å². The lowest BCUT2D eigenvalue weighted by molar-refractivity contribution is 0.0926. The van der Waals surface area contributed by atoms with Crippen molar-refractivity contribution in [2.24, 2.45) is 0 Å². The number of benzene rings is 2. The molecule has 0 aliphatic carbocycles. The molecular formula is C21H22N2O4S2. The van der Waals surface area contributed by atoms with E-state index in [0.717, 1.165) is 22.6 Å². The molecule has 2 aromatic carbocycles. The molecule has 3 rings (SSSR count). The van der Waals surface area contributed by atoms with Crippen LogP contribution in [0.15, 0.2) is 70.3 Å². The Morgan fingerprint density at radius 1 is 1.07 bits per heavy atom. The van der Waals surface area contributed by atoms with Crippen molar-refractivity contribution in [3.63, 3.8) is 0 Å². The fourth-order valence-corrected chi connectivity index (χ4v) is 4.57. The molecule has 1 amide bonds. The normalized spacial score (nSPS) is 12.2. The number of ether oxygens (including phenoxy) is 1. The number of nitrogens with one attached hydrogen (secondary N) is 2. The van der Waals surface area contributed by atoms with E-state index in [0.29, 0.717) is 17.9 Å². The van der Waals surface area contributed by atoms with Crippen LogP contribution in [-0.4, -0.2) is 27.0 Å². The van der Waals surface area contributed by atoms with Gasteiger partial charge in [-0.2, -0.15) is 0 Å². The molecule has 152 valence electrons. The molecule has 0 saturated carbocycles. The number of carbonyl (C=O) groups excluding carboxylic acids is 1. The summed E-state index contributed by atoms with van der Waals surface area (Å²) in [6, 6.07) is 17.0. The Hall–Kier alpha value is -2.84. The molecule has 0 fully saturated rings. The minimum Gasteiger partial charge on any atom is -0.491 e. The Morgan fingerprint density at radius 3 is 2.38 bits per heavy atom. The zero-order chi connectivity index (χ0) is 20.9. The van der Waals surface area contributed by atoms with Gasteiger partial charge in [0, 0.05) is 11.3 Å². The zero-order valence-corrected chi connectivity index (χ0v) is 17.7. The largest absolute Gasteiger partial charge is 0.491 e. The van der Waals surface area contributed by atoms with Crippen LogP contribution in [0.3, 0.4) is 0 Å². The summed E-state index contributed by atoms with van der Waals surface area (Å²) in [7, 11) is -3.61. The summed E-state index contributed by atoms with van der Waals surface area (Å²) in [5.41, 5.74) is 1.98. The first kappa shape index (κ1) is 20.9. The van der Waals surface area contributed by atoms with Crippen molar-refractivity contribution >= 4 is 33.0 Å². The van der Waals surface area contributed by atoms with Crippen molar-refractivity contribution in [3.8, 4) is 5.75 Å². The van der Waals surface area contributed by atoms with E-state index < -0.39 is 10.0 Å². The van der Waals surface area contributed by atoms with Crippen LogP contribution < -0.4 is 14.8 Å². The number of anilines is 1. The monoisotopic (exact) mass is 430 g/mol. The van der Waals surface area contributed by atoms with Gasteiger partial charge in [-0.1, -0.05) is 23.8 Å². The van der Waals surface area contributed by atoms with Crippen LogP contribution in [0.5, 0.6) is 5.75 Å². The van der Waals surface area contributed by atoms with Crippen molar-refractivity contribution in [2.75, 3.05) is 11.3 Å². The molecule has 2 N–H and O–H groups in total. The van der Waals surface area contributed by atoms with Crippen molar-refractivity contribution in [1.29, 1.82) is 0 Å². The highest BCUT2D eigenvalue weighted by Gasteiger charge is 2.16. The lowest BCUT2D eigenvalue weighted by atomic mass is 10.2. The van der Waals surface area contributed by atoms with Crippen LogP contribution in [0.25, 0.3) is 0 Å². The van der Waals surface area contributed by atoms with Gasteiger partial charge in [0.15, 0.2) is 0 Å². The first-order valence-corrected chi connectivity index (χ1v) is 11.4. The summed E-state index contributed by atoms with van der Waals surface area (Å²) in [4.78, 5) is 12.4. The van der Waals surface area contributed by atoms with Gasteiger partial charge in [0.1, 0.15) is 16.6 Å². The third kappa shape index (κ3) is 5.82. The SMILES string of the molecule is Cc1ccc(OC[C@@H](C)NC(=O)c2ccc(NS(=O)(=O)c3cccs3)cc2)cc1. The summed E-state index contributed by atoms with van der Waals surface area (Å²) in [6.45, 7) is 4.20. The molecule has 0 aliphatic heterocycles. The van der Waals surface area contributed by atoms with E-state index in [1.54, 1.807) is 35.7 Å². The molecule has 29 heavy (non-hydrogen) atoms. The second-order valence-electron chi connectivity index (χ2n) is 6.61. The highest BCUT2D eigenvalue weighted by atomic mass is 32.2. The molecule has 6 nitrogen and oxygen atoms in total. The van der Waals surface area contributed by atoms with Crippen molar-refractivity contribution in [3.05, 3.63) is 77.2 Å². The van der Waals surface area contributed by atoms with E-state index in [1.807, 2.05) is 38.1 Å². The maximum atomic E-state index is 12.4. The number of thiophene rings is 1. The minimum absolute atomic E-state index is 0.194. The Morgan fingerprint density at radius 2 is 1.76 bits per heavy atom. The predicted molar refractivity (Wildman–Crippen MR) is 115 cm³/mol. The Kier molecular flexibility index (Phi) is 6.56. The second-order valence-corrected chi connectivity index (χ2v) is 9.47. The summed E-state index contributed by atoms with van der Waals surface area (Å²) in [5.74, 6) is 0.497. The van der Waals surface area contributed by atoms with E-state index in [2.05, 4.69) is 10.0 Å². The summed E-state index contributed by atoms with van der Waals surface area (Å²) in [5, 5.41) is 4.57. The fourth-order valence-electron chi connectivity index (χ4n) is 2.52. The van der Waals surface area contributed by atoms with Gasteiger partial charge in [-0.15, -0.1) is 11.3 Å². The van der Waals surface area contributed by atoms with Crippen LogP contribution in [-0.2, 0) is 10.0 Å². The molecule has 0 unspecified atom stereocenters. The quantitative estimate of drug-likeness (QED) is 0.565. The van der Waals surface area contributed by atoms with E-state index in [9.17, 15) is 13.2 Å². The standard InChI is InChI=1S/C21H22N2O4S2/c1-15-5-11-19(12-6-15)27-14-16(2)22-21(24)17-7-9-18(10-8-17)23-29(25,26)20-4-3-13-28-20/h3-13,16,23H,14H2,1-2H3,(H,22,24)/t16-/m1/s1. The van der Waals surface area contributed by atoms with Gasteiger partial charge in [-0.05, 0) is 61.7 Å². The first-order chi connectivity index (χ1) is 13.8. The topological polar surface area (TPSA) is 84.5 Å². The zero-order valence-electron chi connectivity index (χ0n) is 16.1. The van der Waals surface area contributed by atoms with Gasteiger partial charge < -0.3 is 10.1 Å². The van der Waals surface area contributed by atoms with Crippen LogP contribution in [0.1, 0.15) is 22.8 Å². The number of aryl methyl sites for hydroxylation is 1. The van der Waals surface area contributed by atoms with Crippen LogP contribution in [0, 0.1) is 6.92 Å². The van der Waals surface area contributed by atoms with Gasteiger partial charge in [0.2, 0.25) is 0 Å². The van der Waals surface area contributed by atoms with Crippen molar-refractivity contribution in [1.82, 2.24) is 5.32 Å². The molecule has 1 heterocycles. The van der Waals surface area contributed by atoms with Crippen LogP contribution in [0.4, 0.5) is 5.69 Å². The highest BCUT2D eigenvalue weighted by molar-refractivity contribution is 7.94. The molecule has 0 aliphatic rings. The summed E-state index contributed by atoms with van der Waals surface area (Å²) in [6.07, 6.45) is 0. The number of hydrogen-bond acceptors (Lipinski definition) is 5. The van der Waals surface area contributed by atoms with Crippen LogP contribution in [0.2, 0.25) is 0 Å². The maximum Gasteiger partial charge on any atom is 0.271 e. The third-order valence-corrected chi connectivity index (χ3v) is 6.84. The first-order valence-electron chi connectivity index (χ1n) is 9.00. The molecule has 1 atom stereocenters. The summed E-state index contributed by atoms with van der Waals surface area (Å²) < 4.78 is 32.9. The van der Waals surface area contributed by atoms with E-state index >= 15 is 0 Å². The van der Waals surface area contributed by atoms with Gasteiger partial charge in [0.05, 0.1) is 6.04 Å². The average Bonchev–Trinajstić information content (AvgIpc) is 3.24. The Balaban J connectivity index is 1.53. The molecule has 0 bridgehead atoms. The Bertz CT molecular complexity index is 1050. The lowest BCUT2D eigenvalue weighted by Gasteiger charge is -2.15. The molecule has 1 aromatic heterocycles. The van der Waals surface area contributed by atoms with Gasteiger partial charge >= 0.3 is 0 Å². The average molecular weight is 431 g/mol. The molecule has 8 heteroatoms. The fraction of sp³-hybridized carbons (Fsp3) is 0.190. The molecule has 0 spiro atoms. The van der Waals surface area contributed by atoms with E-state index in [4.69, 9.17) is 4.74 Å². The van der Waals surface area contributed by atoms with Crippen LogP contribution >= 0.6 is 11.3 Å². The minimum atomic E-state index is -3.61. The second kappa shape index (κ2) is 9.11. The predicted octanol–water partition coefficient (Wildman–Crippen LogP) is 4.05. The lowest BCUT2D eigenvalue weighted by Crippen LogP contribution is -2.36. The molecule has 3 aromatic rings. The van der Waals surface area contributed by atoms with Gasteiger partial charge in [-0.3, -0.25) is 9.52 Å².